The average molecular weight is 363 g/mol. The maximum absolute atomic E-state index is 12.8. The van der Waals surface area contributed by atoms with E-state index in [1.807, 2.05) is 30.3 Å². The van der Waals surface area contributed by atoms with Crippen LogP contribution in [0.5, 0.6) is 0 Å². The number of nitrogens with one attached hydrogen (secondary N) is 2. The van der Waals surface area contributed by atoms with Crippen LogP contribution in [0.1, 0.15) is 41.7 Å². The van der Waals surface area contributed by atoms with Gasteiger partial charge in [0.05, 0.1) is 16.9 Å². The second-order valence-electron chi connectivity index (χ2n) is 6.94. The van der Waals surface area contributed by atoms with E-state index < -0.39 is 5.69 Å². The lowest BCUT2D eigenvalue weighted by Gasteiger charge is -2.19. The SMILES string of the molecule is CCn1c(=O)[nH]c2cc(C(=O)NC(c3ccccc3)C3CC3)ccc2c1=O. The molecule has 0 radical (unpaired) electrons. The molecule has 1 unspecified atom stereocenters. The largest absolute Gasteiger partial charge is 0.345 e. The maximum atomic E-state index is 12.8. The Kier molecular flexibility index (Phi) is 4.39. The molecule has 1 aromatic heterocycles. The van der Waals surface area contributed by atoms with Crippen molar-refractivity contribution in [1.29, 1.82) is 0 Å². The Balaban J connectivity index is 1.66. The van der Waals surface area contributed by atoms with Gasteiger partial charge in [-0.2, -0.15) is 0 Å². The zero-order valence-electron chi connectivity index (χ0n) is 15.1. The summed E-state index contributed by atoms with van der Waals surface area (Å²) >= 11 is 0. The van der Waals surface area contributed by atoms with Gasteiger partial charge in [-0.1, -0.05) is 30.3 Å². The Morgan fingerprint density at radius 2 is 1.93 bits per heavy atom. The molecule has 138 valence electrons. The summed E-state index contributed by atoms with van der Waals surface area (Å²) in [5, 5.41) is 3.51. The molecule has 27 heavy (non-hydrogen) atoms. The lowest BCUT2D eigenvalue weighted by atomic mass is 10.0. The molecule has 1 aliphatic rings. The van der Waals surface area contributed by atoms with Crippen molar-refractivity contribution in [2.45, 2.75) is 32.4 Å². The fourth-order valence-electron chi connectivity index (χ4n) is 3.47. The van der Waals surface area contributed by atoms with Crippen LogP contribution in [-0.4, -0.2) is 15.5 Å². The van der Waals surface area contributed by atoms with Gasteiger partial charge in [-0.25, -0.2) is 4.79 Å². The Hall–Kier alpha value is -3.15. The molecule has 2 aromatic carbocycles. The van der Waals surface area contributed by atoms with E-state index in [0.29, 0.717) is 28.9 Å². The summed E-state index contributed by atoms with van der Waals surface area (Å²) in [6, 6.07) is 14.7. The molecule has 1 fully saturated rings. The van der Waals surface area contributed by atoms with E-state index in [0.717, 1.165) is 23.0 Å². The Labute approximate surface area is 155 Å². The second-order valence-corrected chi connectivity index (χ2v) is 6.94. The number of carbonyl (C=O) groups is 1. The topological polar surface area (TPSA) is 84.0 Å². The average Bonchev–Trinajstić information content (AvgIpc) is 3.51. The number of rotatable bonds is 5. The van der Waals surface area contributed by atoms with Crippen LogP contribution >= 0.6 is 0 Å². The highest BCUT2D eigenvalue weighted by Gasteiger charge is 2.33. The minimum atomic E-state index is -0.465. The first kappa shape index (κ1) is 17.3. The summed E-state index contributed by atoms with van der Waals surface area (Å²) in [5.74, 6) is 0.242. The minimum absolute atomic E-state index is 0.0264. The van der Waals surface area contributed by atoms with Gasteiger partial charge in [-0.05, 0) is 49.4 Å². The predicted molar refractivity (Wildman–Crippen MR) is 104 cm³/mol. The molecular weight excluding hydrogens is 342 g/mol. The minimum Gasteiger partial charge on any atom is -0.345 e. The highest BCUT2D eigenvalue weighted by molar-refractivity contribution is 5.97. The molecule has 0 spiro atoms. The lowest BCUT2D eigenvalue weighted by Crippen LogP contribution is -2.34. The fraction of sp³-hybridized carbons (Fsp3) is 0.286. The number of hydrogen-bond acceptors (Lipinski definition) is 3. The van der Waals surface area contributed by atoms with Crippen molar-refractivity contribution < 1.29 is 4.79 Å². The van der Waals surface area contributed by atoms with Gasteiger partial charge < -0.3 is 10.3 Å². The van der Waals surface area contributed by atoms with Gasteiger partial charge in [0.25, 0.3) is 11.5 Å². The van der Waals surface area contributed by atoms with Gasteiger partial charge in [-0.15, -0.1) is 0 Å². The predicted octanol–water partition coefficient (Wildman–Crippen LogP) is 2.59. The number of aromatic amines is 1. The van der Waals surface area contributed by atoms with Crippen molar-refractivity contribution in [2.24, 2.45) is 5.92 Å². The first-order valence-electron chi connectivity index (χ1n) is 9.21. The number of hydrogen-bond donors (Lipinski definition) is 2. The van der Waals surface area contributed by atoms with Crippen LogP contribution in [0.4, 0.5) is 0 Å². The summed E-state index contributed by atoms with van der Waals surface area (Å²) < 4.78 is 1.14. The van der Waals surface area contributed by atoms with Crippen LogP contribution < -0.4 is 16.6 Å². The van der Waals surface area contributed by atoms with Gasteiger partial charge in [0.2, 0.25) is 0 Å². The summed E-state index contributed by atoms with van der Waals surface area (Å²) in [6.07, 6.45) is 2.20. The number of fused-ring (bicyclic) bond motifs is 1. The van der Waals surface area contributed by atoms with Gasteiger partial charge in [0, 0.05) is 12.1 Å². The van der Waals surface area contributed by atoms with E-state index in [1.54, 1.807) is 25.1 Å². The van der Waals surface area contributed by atoms with E-state index >= 15 is 0 Å². The third-order valence-electron chi connectivity index (χ3n) is 5.10. The number of amides is 1. The van der Waals surface area contributed by atoms with Crippen LogP contribution in [0.25, 0.3) is 10.9 Å². The van der Waals surface area contributed by atoms with Crippen LogP contribution in [0.15, 0.2) is 58.1 Å². The first-order valence-corrected chi connectivity index (χ1v) is 9.21. The summed E-state index contributed by atoms with van der Waals surface area (Å²) in [6.45, 7) is 2.04. The van der Waals surface area contributed by atoms with Crippen LogP contribution in [0, 0.1) is 5.92 Å². The van der Waals surface area contributed by atoms with E-state index in [9.17, 15) is 14.4 Å². The second kappa shape index (κ2) is 6.87. The molecule has 1 heterocycles. The molecule has 6 nitrogen and oxygen atoms in total. The van der Waals surface area contributed by atoms with Crippen LogP contribution in [0.2, 0.25) is 0 Å². The smallest absolute Gasteiger partial charge is 0.328 e. The quantitative estimate of drug-likeness (QED) is 0.731. The zero-order valence-corrected chi connectivity index (χ0v) is 15.1. The standard InChI is InChI=1S/C21H21N3O3/c1-2-24-20(26)16-11-10-15(12-17(16)22-21(24)27)19(25)23-18(14-8-9-14)13-6-4-3-5-7-13/h3-7,10-12,14,18H,2,8-9H2,1H3,(H,22,27)(H,23,25). The number of benzene rings is 2. The third-order valence-corrected chi connectivity index (χ3v) is 5.10. The van der Waals surface area contributed by atoms with E-state index in [2.05, 4.69) is 10.3 Å². The molecule has 1 atom stereocenters. The Morgan fingerprint density at radius 1 is 1.19 bits per heavy atom. The first-order chi connectivity index (χ1) is 13.1. The van der Waals surface area contributed by atoms with E-state index in [1.165, 1.54) is 0 Å². The van der Waals surface area contributed by atoms with Gasteiger partial charge in [0.15, 0.2) is 0 Å². The molecule has 1 saturated carbocycles. The molecule has 2 N–H and O–H groups in total. The number of H-pyrrole nitrogens is 1. The third kappa shape index (κ3) is 3.30. The van der Waals surface area contributed by atoms with E-state index in [4.69, 9.17) is 0 Å². The molecule has 3 aromatic rings. The van der Waals surface area contributed by atoms with E-state index in [-0.39, 0.29) is 17.5 Å². The summed E-state index contributed by atoms with van der Waals surface area (Å²) in [4.78, 5) is 39.9. The van der Waals surface area contributed by atoms with Crippen molar-refractivity contribution in [1.82, 2.24) is 14.9 Å². The number of carbonyl (C=O) groups excluding carboxylic acids is 1. The molecular formula is C21H21N3O3. The normalized spacial score (nSPS) is 14.9. The fourth-order valence-corrected chi connectivity index (χ4v) is 3.47. The Bertz CT molecular complexity index is 1110. The highest BCUT2D eigenvalue weighted by Crippen LogP contribution is 2.41. The molecule has 1 amide bonds. The molecule has 0 saturated heterocycles. The van der Waals surface area contributed by atoms with Crippen LogP contribution in [-0.2, 0) is 6.54 Å². The molecule has 0 aliphatic heterocycles. The van der Waals surface area contributed by atoms with Gasteiger partial charge >= 0.3 is 5.69 Å². The van der Waals surface area contributed by atoms with Crippen molar-refractivity contribution in [2.75, 3.05) is 0 Å². The van der Waals surface area contributed by atoms with Crippen molar-refractivity contribution in [3.63, 3.8) is 0 Å². The highest BCUT2D eigenvalue weighted by atomic mass is 16.2. The Morgan fingerprint density at radius 3 is 2.59 bits per heavy atom. The zero-order chi connectivity index (χ0) is 19.0. The molecule has 1 aliphatic carbocycles. The lowest BCUT2D eigenvalue weighted by molar-refractivity contribution is 0.0932. The van der Waals surface area contributed by atoms with Crippen molar-refractivity contribution >= 4 is 16.8 Å². The van der Waals surface area contributed by atoms with Gasteiger partial charge in [-0.3, -0.25) is 14.2 Å². The molecule has 4 rings (SSSR count). The summed E-state index contributed by atoms with van der Waals surface area (Å²) in [7, 11) is 0. The van der Waals surface area contributed by atoms with Crippen molar-refractivity contribution in [3.05, 3.63) is 80.5 Å². The molecule has 0 bridgehead atoms. The maximum Gasteiger partial charge on any atom is 0.328 e. The van der Waals surface area contributed by atoms with Crippen molar-refractivity contribution in [3.8, 4) is 0 Å². The van der Waals surface area contributed by atoms with Crippen LogP contribution in [0.3, 0.4) is 0 Å². The van der Waals surface area contributed by atoms with Gasteiger partial charge in [0.1, 0.15) is 0 Å². The number of aromatic nitrogens is 2. The monoisotopic (exact) mass is 363 g/mol. The summed E-state index contributed by atoms with van der Waals surface area (Å²) in [5.41, 5.74) is 1.09. The number of nitrogens with zero attached hydrogens (tertiary/aromatic N) is 1. The molecule has 6 heteroatoms.